The summed E-state index contributed by atoms with van der Waals surface area (Å²) >= 11 is 0. The quantitative estimate of drug-likeness (QED) is 0.890. The number of hydrogen-bond acceptors (Lipinski definition) is 5. The Bertz CT molecular complexity index is 581. The summed E-state index contributed by atoms with van der Waals surface area (Å²) in [7, 11) is 2.07. The predicted molar refractivity (Wildman–Crippen MR) is 76.2 cm³/mol. The molecule has 5 nitrogen and oxygen atoms in total. The van der Waals surface area contributed by atoms with Gasteiger partial charge in [-0.05, 0) is 25.0 Å². The molecular formula is C14H18N4O. The molecule has 0 aliphatic carbocycles. The van der Waals surface area contributed by atoms with Crippen molar-refractivity contribution in [2.45, 2.75) is 18.9 Å². The highest BCUT2D eigenvalue weighted by Gasteiger charge is 2.21. The topological polar surface area (TPSA) is 64.3 Å². The van der Waals surface area contributed by atoms with Crippen LogP contribution >= 0.6 is 0 Å². The second-order valence-corrected chi connectivity index (χ2v) is 4.88. The van der Waals surface area contributed by atoms with Gasteiger partial charge in [0.05, 0.1) is 5.52 Å². The first kappa shape index (κ1) is 12.2. The van der Waals surface area contributed by atoms with Crippen molar-refractivity contribution in [3.8, 4) is 0 Å². The van der Waals surface area contributed by atoms with Crippen molar-refractivity contribution >= 4 is 22.7 Å². The van der Waals surface area contributed by atoms with E-state index in [2.05, 4.69) is 21.9 Å². The molecule has 2 heterocycles. The van der Waals surface area contributed by atoms with Crippen LogP contribution in [0.5, 0.6) is 0 Å². The standard InChI is InChI=1S/C14H18N4O/c1-18(10-6-8-19-9-7-10)13-11-4-2-3-5-12(11)16-14(15)17-13/h2-5,10H,6-9H2,1H3,(H2,15,16,17). The lowest BCUT2D eigenvalue weighted by Crippen LogP contribution is -2.37. The summed E-state index contributed by atoms with van der Waals surface area (Å²) in [5.41, 5.74) is 6.71. The van der Waals surface area contributed by atoms with Crippen molar-refractivity contribution in [1.82, 2.24) is 9.97 Å². The Morgan fingerprint density at radius 1 is 1.21 bits per heavy atom. The van der Waals surface area contributed by atoms with Gasteiger partial charge in [0.25, 0.3) is 0 Å². The van der Waals surface area contributed by atoms with Crippen LogP contribution in [0.2, 0.25) is 0 Å². The van der Waals surface area contributed by atoms with Crippen LogP contribution in [0.15, 0.2) is 24.3 Å². The molecule has 1 saturated heterocycles. The van der Waals surface area contributed by atoms with E-state index < -0.39 is 0 Å². The maximum absolute atomic E-state index is 5.82. The fourth-order valence-corrected chi connectivity index (χ4v) is 2.59. The molecule has 0 bridgehead atoms. The fraction of sp³-hybridized carbons (Fsp3) is 0.429. The van der Waals surface area contributed by atoms with Crippen molar-refractivity contribution < 1.29 is 4.74 Å². The SMILES string of the molecule is CN(c1nc(N)nc2ccccc12)C1CCOCC1. The Balaban J connectivity index is 2.03. The molecule has 19 heavy (non-hydrogen) atoms. The zero-order chi connectivity index (χ0) is 13.2. The third kappa shape index (κ3) is 2.33. The first-order valence-corrected chi connectivity index (χ1v) is 6.58. The van der Waals surface area contributed by atoms with Crippen molar-refractivity contribution in [3.05, 3.63) is 24.3 Å². The molecule has 2 N–H and O–H groups in total. The lowest BCUT2D eigenvalue weighted by molar-refractivity contribution is 0.0854. The number of nitrogens with zero attached hydrogens (tertiary/aromatic N) is 3. The van der Waals surface area contributed by atoms with Gasteiger partial charge in [0.2, 0.25) is 5.95 Å². The molecule has 1 aromatic heterocycles. The number of fused-ring (bicyclic) bond motifs is 1. The van der Waals surface area contributed by atoms with Gasteiger partial charge in [-0.25, -0.2) is 4.98 Å². The van der Waals surface area contributed by atoms with Crippen LogP contribution in [-0.2, 0) is 4.74 Å². The number of benzene rings is 1. The highest BCUT2D eigenvalue weighted by molar-refractivity contribution is 5.90. The molecule has 1 aliphatic heterocycles. The summed E-state index contributed by atoms with van der Waals surface area (Å²) in [4.78, 5) is 10.9. The van der Waals surface area contributed by atoms with Gasteiger partial charge < -0.3 is 15.4 Å². The Labute approximate surface area is 112 Å². The number of nitrogens with two attached hydrogens (primary N) is 1. The highest BCUT2D eigenvalue weighted by Crippen LogP contribution is 2.27. The average molecular weight is 258 g/mol. The second kappa shape index (κ2) is 5.01. The lowest BCUT2D eigenvalue weighted by atomic mass is 10.1. The monoisotopic (exact) mass is 258 g/mol. The van der Waals surface area contributed by atoms with E-state index in [0.29, 0.717) is 12.0 Å². The zero-order valence-electron chi connectivity index (χ0n) is 11.0. The van der Waals surface area contributed by atoms with Crippen LogP contribution in [0.4, 0.5) is 11.8 Å². The molecule has 0 unspecified atom stereocenters. The Morgan fingerprint density at radius 3 is 2.74 bits per heavy atom. The van der Waals surface area contributed by atoms with Gasteiger partial charge in [-0.3, -0.25) is 0 Å². The second-order valence-electron chi connectivity index (χ2n) is 4.88. The Hall–Kier alpha value is -1.88. The van der Waals surface area contributed by atoms with Gasteiger partial charge in [-0.15, -0.1) is 0 Å². The van der Waals surface area contributed by atoms with E-state index in [9.17, 15) is 0 Å². The smallest absolute Gasteiger partial charge is 0.222 e. The summed E-state index contributed by atoms with van der Waals surface area (Å²) in [6, 6.07) is 8.43. The molecule has 0 spiro atoms. The highest BCUT2D eigenvalue weighted by atomic mass is 16.5. The molecule has 2 aromatic rings. The maximum atomic E-state index is 5.82. The van der Waals surface area contributed by atoms with Crippen LogP contribution in [-0.4, -0.2) is 36.3 Å². The van der Waals surface area contributed by atoms with Crippen molar-refractivity contribution in [3.63, 3.8) is 0 Å². The first-order valence-electron chi connectivity index (χ1n) is 6.58. The van der Waals surface area contributed by atoms with Crippen molar-refractivity contribution in [2.75, 3.05) is 30.9 Å². The summed E-state index contributed by atoms with van der Waals surface area (Å²) in [5.74, 6) is 1.24. The Morgan fingerprint density at radius 2 is 1.95 bits per heavy atom. The number of nitrogen functional groups attached to an aromatic ring is 1. The van der Waals surface area contributed by atoms with Crippen LogP contribution in [0.3, 0.4) is 0 Å². The fourth-order valence-electron chi connectivity index (χ4n) is 2.59. The Kier molecular flexibility index (Phi) is 3.21. The van der Waals surface area contributed by atoms with E-state index in [-0.39, 0.29) is 0 Å². The van der Waals surface area contributed by atoms with Crippen LogP contribution < -0.4 is 10.6 Å². The van der Waals surface area contributed by atoms with Crippen molar-refractivity contribution in [1.29, 1.82) is 0 Å². The third-order valence-electron chi connectivity index (χ3n) is 3.67. The molecule has 0 saturated carbocycles. The first-order chi connectivity index (χ1) is 9.25. The van der Waals surface area contributed by atoms with E-state index >= 15 is 0 Å². The molecular weight excluding hydrogens is 240 g/mol. The molecule has 5 heteroatoms. The van der Waals surface area contributed by atoms with Crippen LogP contribution in [0.1, 0.15) is 12.8 Å². The van der Waals surface area contributed by atoms with Crippen LogP contribution in [0.25, 0.3) is 10.9 Å². The van der Waals surface area contributed by atoms with Crippen molar-refractivity contribution in [2.24, 2.45) is 0 Å². The number of aromatic nitrogens is 2. The van der Waals surface area contributed by atoms with E-state index in [1.165, 1.54) is 0 Å². The van der Waals surface area contributed by atoms with E-state index in [1.54, 1.807) is 0 Å². The van der Waals surface area contributed by atoms with Gasteiger partial charge >= 0.3 is 0 Å². The summed E-state index contributed by atoms with van der Waals surface area (Å²) in [6.45, 7) is 1.63. The van der Waals surface area contributed by atoms with Gasteiger partial charge in [-0.2, -0.15) is 4.98 Å². The molecule has 1 fully saturated rings. The van der Waals surface area contributed by atoms with E-state index in [1.807, 2.05) is 24.3 Å². The van der Waals surface area contributed by atoms with E-state index in [0.717, 1.165) is 42.8 Å². The minimum atomic E-state index is 0.326. The minimum Gasteiger partial charge on any atom is -0.381 e. The zero-order valence-corrected chi connectivity index (χ0v) is 11.0. The summed E-state index contributed by atoms with van der Waals surface area (Å²) < 4.78 is 5.41. The minimum absolute atomic E-state index is 0.326. The third-order valence-corrected chi connectivity index (χ3v) is 3.67. The van der Waals surface area contributed by atoms with Gasteiger partial charge in [0.15, 0.2) is 0 Å². The molecule has 1 aromatic carbocycles. The van der Waals surface area contributed by atoms with Gasteiger partial charge in [0.1, 0.15) is 5.82 Å². The molecule has 0 radical (unpaired) electrons. The molecule has 100 valence electrons. The summed E-state index contributed by atoms with van der Waals surface area (Å²) in [5, 5.41) is 1.05. The largest absolute Gasteiger partial charge is 0.381 e. The maximum Gasteiger partial charge on any atom is 0.222 e. The number of hydrogen-bond donors (Lipinski definition) is 1. The molecule has 1 aliphatic rings. The molecule has 3 rings (SSSR count). The van der Waals surface area contributed by atoms with E-state index in [4.69, 9.17) is 10.5 Å². The number of anilines is 2. The molecule has 0 amide bonds. The lowest BCUT2D eigenvalue weighted by Gasteiger charge is -2.32. The number of rotatable bonds is 2. The number of ether oxygens (including phenoxy) is 1. The summed E-state index contributed by atoms with van der Waals surface area (Å²) in [6.07, 6.45) is 2.05. The normalized spacial score (nSPS) is 16.7. The van der Waals surface area contributed by atoms with Crippen LogP contribution in [0, 0.1) is 0 Å². The molecule has 0 atom stereocenters. The predicted octanol–water partition coefficient (Wildman–Crippen LogP) is 1.83. The van der Waals surface area contributed by atoms with Gasteiger partial charge in [-0.1, -0.05) is 12.1 Å². The average Bonchev–Trinajstić information content (AvgIpc) is 2.46. The number of para-hydroxylation sites is 1. The van der Waals surface area contributed by atoms with Gasteiger partial charge in [0, 0.05) is 31.7 Å².